The van der Waals surface area contributed by atoms with Gasteiger partial charge in [-0.3, -0.25) is 4.57 Å². The Morgan fingerprint density at radius 1 is 1.37 bits per heavy atom. The van der Waals surface area contributed by atoms with Crippen LogP contribution in [0, 0.1) is 0 Å². The van der Waals surface area contributed by atoms with E-state index in [4.69, 9.17) is 4.74 Å². The summed E-state index contributed by atoms with van der Waals surface area (Å²) in [5.41, 5.74) is 0.859. The lowest BCUT2D eigenvalue weighted by atomic mass is 10.2. The van der Waals surface area contributed by atoms with Gasteiger partial charge in [0.1, 0.15) is 11.9 Å². The van der Waals surface area contributed by atoms with E-state index in [1.807, 2.05) is 30.3 Å². The minimum Gasteiger partial charge on any atom is -0.445 e. The minimum absolute atomic E-state index is 0.0962. The van der Waals surface area contributed by atoms with Crippen LogP contribution in [0.2, 0.25) is 0 Å². The number of nitrogens with one attached hydrogen (secondary N) is 1. The van der Waals surface area contributed by atoms with Crippen molar-refractivity contribution in [2.24, 2.45) is 0 Å². The van der Waals surface area contributed by atoms with Gasteiger partial charge in [-0.1, -0.05) is 37.3 Å². The van der Waals surface area contributed by atoms with Gasteiger partial charge in [0, 0.05) is 6.16 Å². The number of amides is 1. The predicted octanol–water partition coefficient (Wildman–Crippen LogP) is 2.94. The molecule has 1 atom stereocenters. The average molecular weight is 285 g/mol. The van der Waals surface area contributed by atoms with E-state index >= 15 is 0 Å². The fourth-order valence-corrected chi connectivity index (χ4v) is 2.55. The molecule has 1 unspecified atom stereocenters. The smallest absolute Gasteiger partial charge is 0.408 e. The summed E-state index contributed by atoms with van der Waals surface area (Å²) in [4.78, 5) is 21.4. The third-order valence-electron chi connectivity index (χ3n) is 2.92. The first-order chi connectivity index (χ1) is 8.78. The molecule has 0 saturated carbocycles. The standard InChI is InChI=1S/C13H20NO4P/c1-4-19(16,17)13(2,3)14-12(15)18-10-11-8-6-5-7-9-11/h5-9H,4,10H2,1-3H3,(H,14,15)(H,16,17). The van der Waals surface area contributed by atoms with E-state index in [1.165, 1.54) is 13.8 Å². The van der Waals surface area contributed by atoms with Gasteiger partial charge in [0.15, 0.2) is 0 Å². The summed E-state index contributed by atoms with van der Waals surface area (Å²) < 4.78 is 16.9. The number of rotatable bonds is 5. The topological polar surface area (TPSA) is 75.6 Å². The highest BCUT2D eigenvalue weighted by atomic mass is 31.2. The van der Waals surface area contributed by atoms with Gasteiger partial charge in [0.2, 0.25) is 7.37 Å². The molecular formula is C13H20NO4P. The second kappa shape index (κ2) is 6.22. The molecule has 0 saturated heterocycles. The van der Waals surface area contributed by atoms with Crippen molar-refractivity contribution in [3.8, 4) is 0 Å². The van der Waals surface area contributed by atoms with Gasteiger partial charge in [0.25, 0.3) is 0 Å². The first-order valence-corrected chi connectivity index (χ1v) is 7.94. The second-order valence-electron chi connectivity index (χ2n) is 4.76. The SMILES string of the molecule is CCP(=O)(O)C(C)(C)NC(=O)OCc1ccccc1. The molecule has 0 fully saturated rings. The van der Waals surface area contributed by atoms with Gasteiger partial charge in [-0.2, -0.15) is 0 Å². The normalized spacial score (nSPS) is 14.5. The van der Waals surface area contributed by atoms with Crippen LogP contribution in [0.3, 0.4) is 0 Å². The zero-order chi connectivity index (χ0) is 14.5. The van der Waals surface area contributed by atoms with Gasteiger partial charge in [-0.15, -0.1) is 0 Å². The van der Waals surface area contributed by atoms with Gasteiger partial charge in [-0.05, 0) is 19.4 Å². The molecule has 0 aliphatic rings. The van der Waals surface area contributed by atoms with Crippen molar-refractivity contribution in [2.45, 2.75) is 32.7 Å². The van der Waals surface area contributed by atoms with Crippen molar-refractivity contribution in [3.05, 3.63) is 35.9 Å². The molecule has 0 aliphatic heterocycles. The molecule has 1 rings (SSSR count). The lowest BCUT2D eigenvalue weighted by Crippen LogP contribution is -2.43. The Hall–Kier alpha value is -1.32. The van der Waals surface area contributed by atoms with Crippen LogP contribution in [0.4, 0.5) is 4.79 Å². The Labute approximate surface area is 113 Å². The monoisotopic (exact) mass is 285 g/mol. The van der Waals surface area contributed by atoms with E-state index in [0.29, 0.717) is 0 Å². The van der Waals surface area contributed by atoms with Crippen molar-refractivity contribution in [1.82, 2.24) is 5.32 Å². The summed E-state index contributed by atoms with van der Waals surface area (Å²) in [7, 11) is -3.44. The van der Waals surface area contributed by atoms with Crippen molar-refractivity contribution >= 4 is 13.5 Å². The highest BCUT2D eigenvalue weighted by Gasteiger charge is 2.39. The Morgan fingerprint density at radius 2 is 1.95 bits per heavy atom. The molecule has 5 nitrogen and oxygen atoms in total. The molecule has 6 heteroatoms. The molecule has 1 aromatic carbocycles. The molecule has 106 valence electrons. The molecule has 0 bridgehead atoms. The minimum atomic E-state index is -3.44. The van der Waals surface area contributed by atoms with Crippen LogP contribution < -0.4 is 5.32 Å². The fraction of sp³-hybridized carbons (Fsp3) is 0.462. The van der Waals surface area contributed by atoms with Crippen LogP contribution in [0.1, 0.15) is 26.3 Å². The molecule has 1 amide bonds. The van der Waals surface area contributed by atoms with Gasteiger partial charge >= 0.3 is 6.09 Å². The summed E-state index contributed by atoms with van der Waals surface area (Å²) in [6.45, 7) is 4.77. The maximum absolute atomic E-state index is 11.9. The molecule has 0 aliphatic carbocycles. The van der Waals surface area contributed by atoms with Crippen LogP contribution in [-0.2, 0) is 15.9 Å². The van der Waals surface area contributed by atoms with Gasteiger partial charge in [-0.25, -0.2) is 4.79 Å². The van der Waals surface area contributed by atoms with E-state index < -0.39 is 18.7 Å². The lowest BCUT2D eigenvalue weighted by molar-refractivity contribution is 0.134. The second-order valence-corrected chi connectivity index (χ2v) is 7.92. The van der Waals surface area contributed by atoms with Crippen LogP contribution in [0.25, 0.3) is 0 Å². The molecule has 19 heavy (non-hydrogen) atoms. The molecule has 0 aromatic heterocycles. The van der Waals surface area contributed by atoms with E-state index in [9.17, 15) is 14.3 Å². The highest BCUT2D eigenvalue weighted by Crippen LogP contribution is 2.51. The van der Waals surface area contributed by atoms with Crippen LogP contribution >= 0.6 is 7.37 Å². The highest BCUT2D eigenvalue weighted by molar-refractivity contribution is 7.59. The number of carbonyl (C=O) groups excluding carboxylic acids is 1. The van der Waals surface area contributed by atoms with E-state index in [1.54, 1.807) is 6.92 Å². The van der Waals surface area contributed by atoms with Crippen LogP contribution in [0.15, 0.2) is 30.3 Å². The van der Waals surface area contributed by atoms with Crippen LogP contribution in [0.5, 0.6) is 0 Å². The Balaban J connectivity index is 2.54. The summed E-state index contributed by atoms with van der Waals surface area (Å²) in [6.07, 6.45) is -0.601. The number of carbonyl (C=O) groups is 1. The quantitative estimate of drug-likeness (QED) is 0.815. The van der Waals surface area contributed by atoms with Crippen molar-refractivity contribution in [1.29, 1.82) is 0 Å². The number of hydrogen-bond acceptors (Lipinski definition) is 3. The summed E-state index contributed by atoms with van der Waals surface area (Å²) in [5.74, 6) is 0. The zero-order valence-corrected chi connectivity index (χ0v) is 12.3. The Kier molecular flexibility index (Phi) is 5.15. The maximum atomic E-state index is 11.9. The molecule has 0 spiro atoms. The Morgan fingerprint density at radius 3 is 2.47 bits per heavy atom. The van der Waals surface area contributed by atoms with Crippen molar-refractivity contribution in [2.75, 3.05) is 6.16 Å². The Bertz CT molecular complexity index is 473. The molecular weight excluding hydrogens is 265 g/mol. The third-order valence-corrected chi connectivity index (χ3v) is 5.64. The number of benzene rings is 1. The van der Waals surface area contributed by atoms with E-state index in [0.717, 1.165) is 5.56 Å². The van der Waals surface area contributed by atoms with Gasteiger partial charge < -0.3 is 14.9 Å². The van der Waals surface area contributed by atoms with Crippen molar-refractivity contribution in [3.63, 3.8) is 0 Å². The average Bonchev–Trinajstić information content (AvgIpc) is 2.37. The molecule has 0 heterocycles. The van der Waals surface area contributed by atoms with E-state index in [-0.39, 0.29) is 12.8 Å². The maximum Gasteiger partial charge on any atom is 0.408 e. The number of alkyl carbamates (subject to hydrolysis) is 1. The summed E-state index contributed by atoms with van der Waals surface area (Å²) in [5, 5.41) is 1.24. The third kappa shape index (κ3) is 4.37. The largest absolute Gasteiger partial charge is 0.445 e. The predicted molar refractivity (Wildman–Crippen MR) is 74.2 cm³/mol. The molecule has 0 radical (unpaired) electrons. The van der Waals surface area contributed by atoms with E-state index in [2.05, 4.69) is 5.32 Å². The van der Waals surface area contributed by atoms with Gasteiger partial charge in [0.05, 0.1) is 0 Å². The molecule has 2 N–H and O–H groups in total. The zero-order valence-electron chi connectivity index (χ0n) is 11.4. The lowest BCUT2D eigenvalue weighted by Gasteiger charge is -2.30. The van der Waals surface area contributed by atoms with Crippen molar-refractivity contribution < 1.29 is 19.0 Å². The van der Waals surface area contributed by atoms with Crippen LogP contribution in [-0.4, -0.2) is 22.4 Å². The molecule has 1 aromatic rings. The summed E-state index contributed by atoms with van der Waals surface area (Å²) in [6, 6.07) is 9.23. The first-order valence-electron chi connectivity index (χ1n) is 6.09. The summed E-state index contributed by atoms with van der Waals surface area (Å²) >= 11 is 0. The first kappa shape index (κ1) is 15.7. The fourth-order valence-electron chi connectivity index (χ4n) is 1.49. The number of hydrogen-bond donors (Lipinski definition) is 2. The number of ether oxygens (including phenoxy) is 1.